The van der Waals surface area contributed by atoms with E-state index in [2.05, 4.69) is 37.6 Å². The van der Waals surface area contributed by atoms with E-state index >= 15 is 0 Å². The number of anilines is 5. The lowest BCUT2D eigenvalue weighted by molar-refractivity contribution is -0.111. The molecule has 4 rings (SSSR count). The predicted molar refractivity (Wildman–Crippen MR) is 109 cm³/mol. The van der Waals surface area contributed by atoms with Crippen molar-refractivity contribution in [3.05, 3.63) is 61.1 Å². The molecular formula is C20H21N7O. The van der Waals surface area contributed by atoms with Gasteiger partial charge in [-0.25, -0.2) is 4.98 Å². The highest BCUT2D eigenvalue weighted by Crippen LogP contribution is 2.43. The van der Waals surface area contributed by atoms with Gasteiger partial charge >= 0.3 is 0 Å². The van der Waals surface area contributed by atoms with Crippen LogP contribution in [0.1, 0.15) is 24.3 Å². The van der Waals surface area contributed by atoms with Gasteiger partial charge in [0.15, 0.2) is 0 Å². The number of carbonyl (C=O) groups excluding carboxylic acids is 1. The second-order valence-corrected chi connectivity index (χ2v) is 6.70. The Kier molecular flexibility index (Phi) is 4.76. The molecule has 2 aromatic heterocycles. The molecule has 0 aliphatic heterocycles. The van der Waals surface area contributed by atoms with Crippen LogP contribution in [-0.4, -0.2) is 25.7 Å². The molecule has 3 aromatic rings. The summed E-state index contributed by atoms with van der Waals surface area (Å²) in [5.74, 6) is 1.49. The number of aromatic nitrogens is 4. The SMILES string of the molecule is C=CC(=O)Nc1cccc(Nc2nc(Nc3cnn(C)c3)ncc2C2CC2)c1. The maximum atomic E-state index is 11.5. The highest BCUT2D eigenvalue weighted by atomic mass is 16.1. The predicted octanol–water partition coefficient (Wildman–Crippen LogP) is 3.70. The molecule has 0 radical (unpaired) electrons. The summed E-state index contributed by atoms with van der Waals surface area (Å²) < 4.78 is 1.71. The number of hydrogen-bond donors (Lipinski definition) is 3. The van der Waals surface area contributed by atoms with Crippen molar-refractivity contribution in [2.75, 3.05) is 16.0 Å². The van der Waals surface area contributed by atoms with E-state index in [1.807, 2.05) is 43.7 Å². The minimum absolute atomic E-state index is 0.249. The quantitative estimate of drug-likeness (QED) is 0.545. The van der Waals surface area contributed by atoms with Gasteiger partial charge in [-0.1, -0.05) is 12.6 Å². The molecule has 0 spiro atoms. The number of carbonyl (C=O) groups is 1. The van der Waals surface area contributed by atoms with Crippen molar-refractivity contribution in [3.8, 4) is 0 Å². The van der Waals surface area contributed by atoms with E-state index in [9.17, 15) is 4.79 Å². The van der Waals surface area contributed by atoms with Crippen LogP contribution in [0, 0.1) is 0 Å². The van der Waals surface area contributed by atoms with Crippen LogP contribution in [0.5, 0.6) is 0 Å². The van der Waals surface area contributed by atoms with E-state index in [4.69, 9.17) is 0 Å². The molecular weight excluding hydrogens is 354 g/mol. The molecule has 8 nitrogen and oxygen atoms in total. The van der Waals surface area contributed by atoms with Gasteiger partial charge in [-0.15, -0.1) is 0 Å². The fourth-order valence-electron chi connectivity index (χ4n) is 2.86. The first kappa shape index (κ1) is 17.7. The third kappa shape index (κ3) is 4.17. The van der Waals surface area contributed by atoms with Gasteiger partial charge in [0, 0.05) is 36.4 Å². The van der Waals surface area contributed by atoms with Crippen molar-refractivity contribution in [1.29, 1.82) is 0 Å². The highest BCUT2D eigenvalue weighted by Gasteiger charge is 2.27. The Bertz CT molecular complexity index is 1020. The van der Waals surface area contributed by atoms with Crippen LogP contribution in [0.15, 0.2) is 55.5 Å². The number of aryl methyl sites for hydroxylation is 1. The van der Waals surface area contributed by atoms with Crippen LogP contribution in [0.4, 0.5) is 28.8 Å². The summed E-state index contributed by atoms with van der Waals surface area (Å²) in [4.78, 5) is 20.7. The third-order valence-corrected chi connectivity index (χ3v) is 4.37. The molecule has 1 aliphatic carbocycles. The summed E-state index contributed by atoms with van der Waals surface area (Å²) in [7, 11) is 1.85. The second kappa shape index (κ2) is 7.51. The summed E-state index contributed by atoms with van der Waals surface area (Å²) in [6.45, 7) is 3.47. The maximum Gasteiger partial charge on any atom is 0.247 e. The molecule has 1 amide bonds. The molecule has 3 N–H and O–H groups in total. The average molecular weight is 375 g/mol. The standard InChI is InChI=1S/C20H21N7O/c1-3-18(28)23-14-5-4-6-15(9-14)24-19-17(13-7-8-13)11-21-20(26-19)25-16-10-22-27(2)12-16/h3-6,9-13H,1,7-8H2,2H3,(H,23,28)(H2,21,24,25,26). The lowest BCUT2D eigenvalue weighted by Crippen LogP contribution is -2.08. The summed E-state index contributed by atoms with van der Waals surface area (Å²) >= 11 is 0. The Balaban J connectivity index is 1.58. The summed E-state index contributed by atoms with van der Waals surface area (Å²) in [5, 5.41) is 13.4. The van der Waals surface area contributed by atoms with Crippen LogP contribution in [0.2, 0.25) is 0 Å². The zero-order chi connectivity index (χ0) is 19.5. The van der Waals surface area contributed by atoms with Gasteiger partial charge < -0.3 is 16.0 Å². The lowest BCUT2D eigenvalue weighted by Gasteiger charge is -2.13. The van der Waals surface area contributed by atoms with Gasteiger partial charge in [-0.05, 0) is 43.0 Å². The van der Waals surface area contributed by atoms with E-state index < -0.39 is 0 Å². The van der Waals surface area contributed by atoms with Crippen LogP contribution in [0.25, 0.3) is 0 Å². The van der Waals surface area contributed by atoms with Crippen molar-refractivity contribution in [2.45, 2.75) is 18.8 Å². The normalized spacial score (nSPS) is 13.0. The zero-order valence-corrected chi connectivity index (χ0v) is 15.5. The first-order valence-electron chi connectivity index (χ1n) is 9.04. The van der Waals surface area contributed by atoms with Crippen molar-refractivity contribution in [1.82, 2.24) is 19.7 Å². The fourth-order valence-corrected chi connectivity index (χ4v) is 2.86. The molecule has 1 fully saturated rings. The molecule has 1 aromatic carbocycles. The van der Waals surface area contributed by atoms with Crippen LogP contribution < -0.4 is 16.0 Å². The molecule has 0 saturated heterocycles. The molecule has 28 heavy (non-hydrogen) atoms. The van der Waals surface area contributed by atoms with Gasteiger partial charge in [0.1, 0.15) is 5.82 Å². The van der Waals surface area contributed by atoms with Gasteiger partial charge in [-0.3, -0.25) is 9.48 Å². The topological polar surface area (TPSA) is 96.8 Å². The Hall–Kier alpha value is -3.68. The van der Waals surface area contributed by atoms with Crippen molar-refractivity contribution < 1.29 is 4.79 Å². The first-order valence-corrected chi connectivity index (χ1v) is 9.04. The van der Waals surface area contributed by atoms with Crippen molar-refractivity contribution in [3.63, 3.8) is 0 Å². The Labute approximate surface area is 162 Å². The number of benzene rings is 1. The van der Waals surface area contributed by atoms with Crippen LogP contribution in [-0.2, 0) is 11.8 Å². The van der Waals surface area contributed by atoms with Gasteiger partial charge in [-0.2, -0.15) is 10.1 Å². The minimum Gasteiger partial charge on any atom is -0.340 e. The number of nitrogens with one attached hydrogen (secondary N) is 3. The average Bonchev–Trinajstić information content (AvgIpc) is 3.44. The number of nitrogens with zero attached hydrogens (tertiary/aromatic N) is 4. The Morgan fingerprint density at radius 3 is 2.75 bits per heavy atom. The van der Waals surface area contributed by atoms with E-state index in [-0.39, 0.29) is 5.91 Å². The molecule has 1 aliphatic rings. The van der Waals surface area contributed by atoms with Gasteiger partial charge in [0.25, 0.3) is 0 Å². The second-order valence-electron chi connectivity index (χ2n) is 6.70. The Morgan fingerprint density at radius 1 is 1.21 bits per heavy atom. The maximum absolute atomic E-state index is 11.5. The summed E-state index contributed by atoms with van der Waals surface area (Å²) in [6, 6.07) is 7.47. The molecule has 1 saturated carbocycles. The molecule has 0 unspecified atom stereocenters. The van der Waals surface area contributed by atoms with Gasteiger partial charge in [0.2, 0.25) is 11.9 Å². The molecule has 0 atom stereocenters. The minimum atomic E-state index is -0.249. The molecule has 0 bridgehead atoms. The van der Waals surface area contributed by atoms with E-state index in [1.165, 1.54) is 6.08 Å². The van der Waals surface area contributed by atoms with Gasteiger partial charge in [0.05, 0.1) is 11.9 Å². The van der Waals surface area contributed by atoms with Crippen molar-refractivity contribution in [2.24, 2.45) is 7.05 Å². The van der Waals surface area contributed by atoms with Crippen molar-refractivity contribution >= 4 is 34.7 Å². The highest BCUT2D eigenvalue weighted by molar-refractivity contribution is 5.99. The molecule has 8 heteroatoms. The Morgan fingerprint density at radius 2 is 2.04 bits per heavy atom. The van der Waals surface area contributed by atoms with E-state index in [0.29, 0.717) is 17.6 Å². The monoisotopic (exact) mass is 375 g/mol. The van der Waals surface area contributed by atoms with Crippen LogP contribution >= 0.6 is 0 Å². The number of amides is 1. The largest absolute Gasteiger partial charge is 0.340 e. The molecule has 142 valence electrons. The fraction of sp³-hybridized carbons (Fsp3) is 0.200. The van der Waals surface area contributed by atoms with Crippen LogP contribution in [0.3, 0.4) is 0 Å². The summed E-state index contributed by atoms with van der Waals surface area (Å²) in [5.41, 5.74) is 3.43. The lowest BCUT2D eigenvalue weighted by atomic mass is 10.2. The molecule has 2 heterocycles. The number of hydrogen-bond acceptors (Lipinski definition) is 6. The third-order valence-electron chi connectivity index (χ3n) is 4.37. The first-order chi connectivity index (χ1) is 13.6. The summed E-state index contributed by atoms with van der Waals surface area (Å²) in [6.07, 6.45) is 8.97. The number of rotatable bonds is 7. The smallest absolute Gasteiger partial charge is 0.247 e. The van der Waals surface area contributed by atoms with E-state index in [1.54, 1.807) is 10.9 Å². The zero-order valence-electron chi connectivity index (χ0n) is 15.5. The van der Waals surface area contributed by atoms with E-state index in [0.717, 1.165) is 35.6 Å².